The van der Waals surface area contributed by atoms with Crippen molar-refractivity contribution >= 4 is 11.9 Å². The topological polar surface area (TPSA) is 73.9 Å². The lowest BCUT2D eigenvalue weighted by Crippen LogP contribution is -2.44. The average molecular weight is 374 g/mol. The van der Waals surface area contributed by atoms with E-state index < -0.39 is 0 Å². The zero-order valence-electron chi connectivity index (χ0n) is 16.0. The third kappa shape index (κ3) is 5.68. The number of nitrogens with one attached hydrogen (secondary N) is 2. The summed E-state index contributed by atoms with van der Waals surface area (Å²) in [6.07, 6.45) is 1.27. The minimum absolute atomic E-state index is 0.0158. The summed E-state index contributed by atoms with van der Waals surface area (Å²) in [5.41, 5.74) is 1.11. The Balaban J connectivity index is 1.37. The first-order valence-electron chi connectivity index (χ1n) is 9.82. The van der Waals surface area contributed by atoms with Crippen LogP contribution in [0.25, 0.3) is 0 Å². The number of urea groups is 1. The molecule has 2 aliphatic rings. The number of morpholine rings is 1. The Labute approximate surface area is 161 Å². The number of nitrogens with zero attached hydrogens (tertiary/aromatic N) is 2. The van der Waals surface area contributed by atoms with Crippen molar-refractivity contribution in [2.24, 2.45) is 0 Å². The van der Waals surface area contributed by atoms with E-state index in [0.29, 0.717) is 19.5 Å². The van der Waals surface area contributed by atoms with Gasteiger partial charge >= 0.3 is 6.03 Å². The van der Waals surface area contributed by atoms with Gasteiger partial charge in [0.15, 0.2) is 0 Å². The Kier molecular flexibility index (Phi) is 7.06. The molecule has 2 aliphatic heterocycles. The van der Waals surface area contributed by atoms with Crippen LogP contribution in [0.5, 0.6) is 0 Å². The number of ether oxygens (including phenoxy) is 1. The molecule has 2 saturated heterocycles. The maximum absolute atomic E-state index is 12.4. The first kappa shape index (κ1) is 19.6. The van der Waals surface area contributed by atoms with Gasteiger partial charge in [0.1, 0.15) is 0 Å². The third-order valence-corrected chi connectivity index (χ3v) is 5.28. The second-order valence-corrected chi connectivity index (χ2v) is 7.24. The number of carbonyl (C=O) groups excluding carboxylic acids is 2. The molecule has 2 heterocycles. The average Bonchev–Trinajstić information content (AvgIpc) is 3.06. The highest BCUT2D eigenvalue weighted by Gasteiger charge is 2.33. The number of carbonyl (C=O) groups is 2. The normalized spacial score (nSPS) is 21.9. The maximum Gasteiger partial charge on any atom is 0.315 e. The SMILES string of the molecule is CC(c1ccccc1)N1CC(NC(=O)NCCCN2CCOCC2)CC1=O. The van der Waals surface area contributed by atoms with Crippen LogP contribution >= 0.6 is 0 Å². The largest absolute Gasteiger partial charge is 0.379 e. The summed E-state index contributed by atoms with van der Waals surface area (Å²) in [4.78, 5) is 28.7. The summed E-state index contributed by atoms with van der Waals surface area (Å²) < 4.78 is 5.33. The van der Waals surface area contributed by atoms with Gasteiger partial charge in [-0.05, 0) is 25.5 Å². The van der Waals surface area contributed by atoms with Crippen LogP contribution in [0, 0.1) is 0 Å². The lowest BCUT2D eigenvalue weighted by atomic mass is 10.1. The molecule has 0 spiro atoms. The molecular formula is C20H30N4O3. The summed E-state index contributed by atoms with van der Waals surface area (Å²) in [5, 5.41) is 5.84. The summed E-state index contributed by atoms with van der Waals surface area (Å²) in [6.45, 7) is 7.69. The van der Waals surface area contributed by atoms with Crippen LogP contribution in [0.2, 0.25) is 0 Å². The van der Waals surface area contributed by atoms with Crippen LogP contribution in [0.15, 0.2) is 30.3 Å². The van der Waals surface area contributed by atoms with Gasteiger partial charge in [-0.3, -0.25) is 9.69 Å². The standard InChI is InChI=1S/C20H30N4O3/c1-16(17-6-3-2-4-7-17)24-15-18(14-19(24)25)22-20(26)21-8-5-9-23-10-12-27-13-11-23/h2-4,6-7,16,18H,5,8-15H2,1H3,(H2,21,22,26). The highest BCUT2D eigenvalue weighted by Crippen LogP contribution is 2.25. The highest BCUT2D eigenvalue weighted by molar-refractivity contribution is 5.82. The molecule has 3 amide bonds. The number of amides is 3. The summed E-state index contributed by atoms with van der Waals surface area (Å²) in [5.74, 6) is 0.0870. The molecule has 7 heteroatoms. The molecule has 7 nitrogen and oxygen atoms in total. The van der Waals surface area contributed by atoms with E-state index >= 15 is 0 Å². The minimum atomic E-state index is -0.191. The Bertz CT molecular complexity index is 619. The smallest absolute Gasteiger partial charge is 0.315 e. The second kappa shape index (κ2) is 9.71. The van der Waals surface area contributed by atoms with E-state index in [1.54, 1.807) is 0 Å². The van der Waals surface area contributed by atoms with Gasteiger partial charge in [-0.15, -0.1) is 0 Å². The van der Waals surface area contributed by atoms with Gasteiger partial charge in [0.2, 0.25) is 5.91 Å². The van der Waals surface area contributed by atoms with Crippen LogP contribution < -0.4 is 10.6 Å². The Morgan fingerprint density at radius 3 is 2.74 bits per heavy atom. The van der Waals surface area contributed by atoms with Crippen molar-refractivity contribution in [2.75, 3.05) is 45.9 Å². The fraction of sp³-hybridized carbons (Fsp3) is 0.600. The van der Waals surface area contributed by atoms with Gasteiger partial charge < -0.3 is 20.3 Å². The van der Waals surface area contributed by atoms with E-state index in [4.69, 9.17) is 4.74 Å². The van der Waals surface area contributed by atoms with Gasteiger partial charge in [-0.2, -0.15) is 0 Å². The first-order valence-corrected chi connectivity index (χ1v) is 9.82. The van der Waals surface area contributed by atoms with E-state index in [-0.39, 0.29) is 24.0 Å². The molecule has 0 aliphatic carbocycles. The predicted octanol–water partition coefficient (Wildman–Crippen LogP) is 1.37. The van der Waals surface area contributed by atoms with Crippen LogP contribution in [0.1, 0.15) is 31.4 Å². The number of rotatable bonds is 7. The van der Waals surface area contributed by atoms with Crippen molar-refractivity contribution < 1.29 is 14.3 Å². The van der Waals surface area contributed by atoms with Gasteiger partial charge in [0, 0.05) is 32.6 Å². The molecule has 0 bridgehead atoms. The number of likely N-dealkylation sites (tertiary alicyclic amines) is 1. The molecule has 0 aromatic heterocycles. The van der Waals surface area contributed by atoms with E-state index in [1.165, 1.54) is 0 Å². The fourth-order valence-electron chi connectivity index (χ4n) is 3.68. The van der Waals surface area contributed by atoms with Crippen molar-refractivity contribution in [1.29, 1.82) is 0 Å². The Morgan fingerprint density at radius 1 is 1.26 bits per heavy atom. The van der Waals surface area contributed by atoms with Gasteiger partial charge in [-0.25, -0.2) is 4.79 Å². The molecule has 1 aromatic carbocycles. The molecular weight excluding hydrogens is 344 g/mol. The highest BCUT2D eigenvalue weighted by atomic mass is 16.5. The number of hydrogen-bond donors (Lipinski definition) is 2. The molecule has 1 aromatic rings. The van der Waals surface area contributed by atoms with E-state index in [9.17, 15) is 9.59 Å². The summed E-state index contributed by atoms with van der Waals surface area (Å²) in [6, 6.07) is 9.67. The Morgan fingerprint density at radius 2 is 2.00 bits per heavy atom. The molecule has 3 rings (SSSR count). The predicted molar refractivity (Wildman–Crippen MR) is 103 cm³/mol. The summed E-state index contributed by atoms with van der Waals surface area (Å²) in [7, 11) is 0. The van der Waals surface area contributed by atoms with Crippen LogP contribution in [0.3, 0.4) is 0 Å². The molecule has 0 radical (unpaired) electrons. The van der Waals surface area contributed by atoms with Crippen molar-refractivity contribution in [3.05, 3.63) is 35.9 Å². The van der Waals surface area contributed by atoms with Crippen molar-refractivity contribution in [1.82, 2.24) is 20.4 Å². The van der Waals surface area contributed by atoms with Crippen molar-refractivity contribution in [3.8, 4) is 0 Å². The monoisotopic (exact) mass is 374 g/mol. The van der Waals surface area contributed by atoms with Crippen LogP contribution in [0.4, 0.5) is 4.79 Å². The second-order valence-electron chi connectivity index (χ2n) is 7.24. The minimum Gasteiger partial charge on any atom is -0.379 e. The molecule has 27 heavy (non-hydrogen) atoms. The van der Waals surface area contributed by atoms with E-state index in [1.807, 2.05) is 42.2 Å². The molecule has 2 N–H and O–H groups in total. The van der Waals surface area contributed by atoms with Crippen molar-refractivity contribution in [2.45, 2.75) is 31.8 Å². The molecule has 0 saturated carbocycles. The molecule has 2 atom stereocenters. The van der Waals surface area contributed by atoms with Crippen molar-refractivity contribution in [3.63, 3.8) is 0 Å². The lowest BCUT2D eigenvalue weighted by Gasteiger charge is -2.26. The summed E-state index contributed by atoms with van der Waals surface area (Å²) >= 11 is 0. The molecule has 2 fully saturated rings. The maximum atomic E-state index is 12.4. The number of benzene rings is 1. The zero-order chi connectivity index (χ0) is 19.1. The fourth-order valence-corrected chi connectivity index (χ4v) is 3.68. The van der Waals surface area contributed by atoms with Gasteiger partial charge in [0.25, 0.3) is 0 Å². The van der Waals surface area contributed by atoms with E-state index in [0.717, 1.165) is 44.8 Å². The van der Waals surface area contributed by atoms with Crippen LogP contribution in [-0.4, -0.2) is 73.7 Å². The van der Waals surface area contributed by atoms with Gasteiger partial charge in [-0.1, -0.05) is 30.3 Å². The first-order chi connectivity index (χ1) is 13.1. The third-order valence-electron chi connectivity index (χ3n) is 5.28. The quantitative estimate of drug-likeness (QED) is 0.707. The Hall–Kier alpha value is -2.12. The molecule has 148 valence electrons. The number of hydrogen-bond acceptors (Lipinski definition) is 4. The zero-order valence-corrected chi connectivity index (χ0v) is 16.0. The van der Waals surface area contributed by atoms with Gasteiger partial charge in [0.05, 0.1) is 25.3 Å². The lowest BCUT2D eigenvalue weighted by molar-refractivity contribution is -0.129. The van der Waals surface area contributed by atoms with Crippen LogP contribution in [-0.2, 0) is 9.53 Å². The molecule has 2 unspecified atom stereocenters. The van der Waals surface area contributed by atoms with E-state index in [2.05, 4.69) is 15.5 Å².